The highest BCUT2D eigenvalue weighted by Gasteiger charge is 2.16. The van der Waals surface area contributed by atoms with Crippen molar-refractivity contribution in [2.75, 3.05) is 0 Å². The molecule has 0 amide bonds. The molecule has 0 fully saturated rings. The van der Waals surface area contributed by atoms with Crippen LogP contribution in [0.5, 0.6) is 0 Å². The summed E-state index contributed by atoms with van der Waals surface area (Å²) in [5.74, 6) is -1.13. The normalized spacial score (nSPS) is 11.8. The van der Waals surface area contributed by atoms with Gasteiger partial charge in [0, 0.05) is 18.0 Å². The van der Waals surface area contributed by atoms with Crippen LogP contribution < -0.4 is 0 Å². The Kier molecular flexibility index (Phi) is 3.46. The molecule has 1 aromatic carbocycles. The molecule has 1 atom stereocenters. The van der Waals surface area contributed by atoms with E-state index in [1.54, 1.807) is 12.3 Å². The van der Waals surface area contributed by atoms with Crippen LogP contribution in [0.25, 0.3) is 10.9 Å². The number of fused-ring (bicyclic) bond motifs is 1. The van der Waals surface area contributed by atoms with Gasteiger partial charge in [-0.1, -0.05) is 12.1 Å². The molecule has 18 heavy (non-hydrogen) atoms. The second-order valence-electron chi connectivity index (χ2n) is 3.81. The van der Waals surface area contributed by atoms with Crippen molar-refractivity contribution in [3.8, 4) is 0 Å². The van der Waals surface area contributed by atoms with Crippen molar-refractivity contribution in [3.63, 3.8) is 0 Å². The maximum atomic E-state index is 10.9. The average molecular weight is 242 g/mol. The SMILES string of the molecule is O=C=NC(Cc1ccc2ncccc2c1)C(=O)O. The number of carboxylic acid groups (broad SMARTS) is 1. The van der Waals surface area contributed by atoms with E-state index in [2.05, 4.69) is 9.98 Å². The summed E-state index contributed by atoms with van der Waals surface area (Å²) in [6.45, 7) is 0. The summed E-state index contributed by atoms with van der Waals surface area (Å²) in [5.41, 5.74) is 1.63. The number of aliphatic carboxylic acids is 1. The van der Waals surface area contributed by atoms with Crippen molar-refractivity contribution in [3.05, 3.63) is 42.1 Å². The highest BCUT2D eigenvalue weighted by atomic mass is 16.4. The lowest BCUT2D eigenvalue weighted by Crippen LogP contribution is -2.20. The van der Waals surface area contributed by atoms with Gasteiger partial charge in [0.15, 0.2) is 6.04 Å². The smallest absolute Gasteiger partial charge is 0.329 e. The van der Waals surface area contributed by atoms with Crippen molar-refractivity contribution in [1.29, 1.82) is 0 Å². The van der Waals surface area contributed by atoms with E-state index in [4.69, 9.17) is 5.11 Å². The first-order valence-electron chi connectivity index (χ1n) is 5.34. The monoisotopic (exact) mass is 242 g/mol. The fraction of sp³-hybridized carbons (Fsp3) is 0.154. The largest absolute Gasteiger partial charge is 0.480 e. The van der Waals surface area contributed by atoms with Crippen LogP contribution in [0.2, 0.25) is 0 Å². The summed E-state index contributed by atoms with van der Waals surface area (Å²) in [7, 11) is 0. The van der Waals surface area contributed by atoms with Crippen LogP contribution in [0.15, 0.2) is 41.5 Å². The van der Waals surface area contributed by atoms with Crippen molar-refractivity contribution in [1.82, 2.24) is 4.98 Å². The number of pyridine rings is 1. The van der Waals surface area contributed by atoms with E-state index in [9.17, 15) is 9.59 Å². The van der Waals surface area contributed by atoms with Crippen molar-refractivity contribution in [2.45, 2.75) is 12.5 Å². The van der Waals surface area contributed by atoms with Crippen molar-refractivity contribution in [2.24, 2.45) is 4.99 Å². The number of hydrogen-bond acceptors (Lipinski definition) is 4. The molecule has 1 unspecified atom stereocenters. The molecule has 1 N–H and O–H groups in total. The predicted octanol–water partition coefficient (Wildman–Crippen LogP) is 1.57. The summed E-state index contributed by atoms with van der Waals surface area (Å²) in [4.78, 5) is 28.5. The van der Waals surface area contributed by atoms with Crippen molar-refractivity contribution >= 4 is 23.0 Å². The minimum Gasteiger partial charge on any atom is -0.480 e. The third-order valence-corrected chi connectivity index (χ3v) is 2.59. The quantitative estimate of drug-likeness (QED) is 0.651. The second-order valence-corrected chi connectivity index (χ2v) is 3.81. The molecule has 5 nitrogen and oxygen atoms in total. The first-order valence-corrected chi connectivity index (χ1v) is 5.34. The highest BCUT2D eigenvalue weighted by molar-refractivity contribution is 5.80. The Morgan fingerprint density at radius 2 is 2.28 bits per heavy atom. The molecular weight excluding hydrogens is 232 g/mol. The number of carbonyl (C=O) groups excluding carboxylic acids is 1. The fourth-order valence-electron chi connectivity index (χ4n) is 1.73. The van der Waals surface area contributed by atoms with Crippen LogP contribution in [0.4, 0.5) is 0 Å². The van der Waals surface area contributed by atoms with Gasteiger partial charge in [-0.25, -0.2) is 9.59 Å². The maximum absolute atomic E-state index is 10.9. The first-order chi connectivity index (χ1) is 8.70. The van der Waals surface area contributed by atoms with Crippen LogP contribution in [-0.2, 0) is 16.0 Å². The summed E-state index contributed by atoms with van der Waals surface area (Å²) in [5, 5.41) is 9.82. The molecule has 2 rings (SSSR count). The van der Waals surface area contributed by atoms with E-state index >= 15 is 0 Å². The Morgan fingerprint density at radius 3 is 3.00 bits per heavy atom. The molecule has 0 aliphatic heterocycles. The molecule has 0 spiro atoms. The predicted molar refractivity (Wildman–Crippen MR) is 65.0 cm³/mol. The number of nitrogens with zero attached hydrogens (tertiary/aromatic N) is 2. The van der Waals surface area contributed by atoms with Crippen LogP contribution in [0.3, 0.4) is 0 Å². The molecule has 0 saturated carbocycles. The number of benzene rings is 1. The Balaban J connectivity index is 2.31. The molecule has 1 heterocycles. The van der Waals surface area contributed by atoms with Gasteiger partial charge in [-0.2, -0.15) is 4.99 Å². The number of isocyanates is 1. The van der Waals surface area contributed by atoms with Gasteiger partial charge < -0.3 is 5.11 Å². The lowest BCUT2D eigenvalue weighted by molar-refractivity contribution is -0.138. The summed E-state index contributed by atoms with van der Waals surface area (Å²) >= 11 is 0. The molecule has 90 valence electrons. The highest BCUT2D eigenvalue weighted by Crippen LogP contribution is 2.15. The lowest BCUT2D eigenvalue weighted by atomic mass is 10.0. The Morgan fingerprint density at radius 1 is 1.44 bits per heavy atom. The topological polar surface area (TPSA) is 79.6 Å². The number of carboxylic acids is 1. The fourth-order valence-corrected chi connectivity index (χ4v) is 1.73. The zero-order chi connectivity index (χ0) is 13.0. The molecule has 0 aliphatic carbocycles. The Bertz CT molecular complexity index is 631. The third-order valence-electron chi connectivity index (χ3n) is 2.59. The molecule has 0 saturated heterocycles. The van der Waals surface area contributed by atoms with Gasteiger partial charge in [-0.15, -0.1) is 0 Å². The number of rotatable bonds is 4. The molecular formula is C13H10N2O3. The van der Waals surface area contributed by atoms with Crippen LogP contribution in [0, 0.1) is 0 Å². The summed E-state index contributed by atoms with van der Waals surface area (Å²) < 4.78 is 0. The van der Waals surface area contributed by atoms with Gasteiger partial charge >= 0.3 is 5.97 Å². The molecule has 2 aromatic rings. The standard InChI is InChI=1S/C13H10N2O3/c16-8-15-12(13(17)18)7-9-3-4-11-10(6-9)2-1-5-14-11/h1-6,12H,7H2,(H,17,18). The minimum atomic E-state index is -1.13. The van der Waals surface area contributed by atoms with Gasteiger partial charge in [0.25, 0.3) is 0 Å². The molecule has 0 bridgehead atoms. The molecule has 1 aromatic heterocycles. The lowest BCUT2D eigenvalue weighted by Gasteiger charge is -2.06. The zero-order valence-electron chi connectivity index (χ0n) is 9.41. The molecule has 5 heteroatoms. The van der Waals surface area contributed by atoms with E-state index in [1.165, 1.54) is 6.08 Å². The number of hydrogen-bond donors (Lipinski definition) is 1. The summed E-state index contributed by atoms with van der Waals surface area (Å²) in [6.07, 6.45) is 3.14. The van der Waals surface area contributed by atoms with Gasteiger partial charge in [-0.05, 0) is 23.8 Å². The zero-order valence-corrected chi connectivity index (χ0v) is 9.41. The average Bonchev–Trinajstić information content (AvgIpc) is 2.38. The van der Waals surface area contributed by atoms with Gasteiger partial charge in [0.2, 0.25) is 6.08 Å². The second kappa shape index (κ2) is 5.21. The van der Waals surface area contributed by atoms with Crippen LogP contribution in [0.1, 0.15) is 5.56 Å². The number of carbonyl (C=O) groups is 1. The van der Waals surface area contributed by atoms with E-state index in [1.807, 2.05) is 24.3 Å². The Hall–Kier alpha value is -2.52. The van der Waals surface area contributed by atoms with Crippen molar-refractivity contribution < 1.29 is 14.7 Å². The van der Waals surface area contributed by atoms with E-state index in [-0.39, 0.29) is 6.42 Å². The van der Waals surface area contributed by atoms with E-state index in [0.29, 0.717) is 0 Å². The third kappa shape index (κ3) is 2.59. The Labute approximate surface area is 103 Å². The van der Waals surface area contributed by atoms with Gasteiger partial charge in [0.1, 0.15) is 0 Å². The van der Waals surface area contributed by atoms with Crippen LogP contribution in [-0.4, -0.2) is 28.2 Å². The molecule has 0 radical (unpaired) electrons. The summed E-state index contributed by atoms with van der Waals surface area (Å²) in [6, 6.07) is 8.06. The van der Waals surface area contributed by atoms with Gasteiger partial charge in [-0.3, -0.25) is 4.98 Å². The van der Waals surface area contributed by atoms with Crippen LogP contribution >= 0.6 is 0 Å². The maximum Gasteiger partial charge on any atom is 0.329 e. The van der Waals surface area contributed by atoms with Gasteiger partial charge in [0.05, 0.1) is 5.52 Å². The minimum absolute atomic E-state index is 0.162. The molecule has 0 aliphatic rings. The van der Waals surface area contributed by atoms with E-state index in [0.717, 1.165) is 16.5 Å². The first kappa shape index (κ1) is 12.0. The van der Waals surface area contributed by atoms with E-state index < -0.39 is 12.0 Å². The number of aromatic nitrogens is 1. The number of aliphatic imine (C=N–C) groups is 1.